The van der Waals surface area contributed by atoms with Crippen LogP contribution in [0, 0.1) is 51.2 Å². The predicted octanol–water partition coefficient (Wildman–Crippen LogP) is 7.87. The summed E-state index contributed by atoms with van der Waals surface area (Å²) in [5.41, 5.74) is 5.92. The van der Waals surface area contributed by atoms with Crippen molar-refractivity contribution < 1.29 is 22.7 Å². The number of ketones is 1. The van der Waals surface area contributed by atoms with Crippen molar-refractivity contribution in [2.75, 3.05) is 44.3 Å². The summed E-state index contributed by atoms with van der Waals surface area (Å²) in [7, 11) is -2.90. The van der Waals surface area contributed by atoms with E-state index in [1.54, 1.807) is 0 Å². The third kappa shape index (κ3) is 5.97. The first-order valence-electron chi connectivity index (χ1n) is 20.9. The summed E-state index contributed by atoms with van der Waals surface area (Å²) < 4.78 is 29.5. The number of carbonyl (C=O) groups excluding carboxylic acids is 2. The second-order valence-corrected chi connectivity index (χ2v) is 22.0. The zero-order chi connectivity index (χ0) is 37.5. The minimum absolute atomic E-state index is 0.00527. The topological polar surface area (TPSA) is 92.8 Å². The van der Waals surface area contributed by atoms with E-state index in [-0.39, 0.29) is 56.5 Å². The Labute approximate surface area is 315 Å². The van der Waals surface area contributed by atoms with Crippen molar-refractivity contribution in [1.29, 1.82) is 0 Å². The molecule has 0 spiro atoms. The van der Waals surface area contributed by atoms with Crippen molar-refractivity contribution in [3.05, 3.63) is 34.4 Å². The zero-order valence-electron chi connectivity index (χ0n) is 33.7. The first kappa shape index (κ1) is 38.5. The molecule has 1 unspecified atom stereocenters. The van der Waals surface area contributed by atoms with Gasteiger partial charge in [0.2, 0.25) is 0 Å². The largest absolute Gasteiger partial charge is 0.466 e. The summed E-state index contributed by atoms with van der Waals surface area (Å²) in [5, 5.41) is 4.02. The van der Waals surface area contributed by atoms with E-state index in [0.717, 1.165) is 63.6 Å². The second kappa shape index (κ2) is 13.5. The number of nitrogens with one attached hydrogen (secondary N) is 1. The Morgan fingerprint density at radius 1 is 0.962 bits per heavy atom. The Kier molecular flexibility index (Phi) is 9.97. The van der Waals surface area contributed by atoms with Crippen LogP contribution in [0.15, 0.2) is 34.4 Å². The molecule has 0 aromatic rings. The number of nitrogens with zero attached hydrogens (tertiary/aromatic N) is 1. The van der Waals surface area contributed by atoms with E-state index in [0.29, 0.717) is 49.7 Å². The number of hydrogen-bond donors (Lipinski definition) is 1. The van der Waals surface area contributed by atoms with Gasteiger partial charge in [-0.05, 0) is 139 Å². The van der Waals surface area contributed by atoms with E-state index in [1.165, 1.54) is 36.0 Å². The lowest BCUT2D eigenvalue weighted by molar-refractivity contribution is -0.196. The van der Waals surface area contributed by atoms with Crippen LogP contribution in [0.1, 0.15) is 126 Å². The molecule has 0 amide bonds. The summed E-state index contributed by atoms with van der Waals surface area (Å²) in [6.45, 7) is 22.6. The van der Waals surface area contributed by atoms with Crippen molar-refractivity contribution in [2.45, 2.75) is 132 Å². The van der Waals surface area contributed by atoms with E-state index in [1.807, 2.05) is 6.92 Å². The molecule has 7 nitrogen and oxygen atoms in total. The molecule has 6 aliphatic carbocycles. The number of rotatable bonds is 8. The average molecular weight is 737 g/mol. The molecule has 0 aromatic carbocycles. The maximum Gasteiger partial charge on any atom is 0.309 e. The number of carbonyl (C=O) groups is 2. The minimum atomic E-state index is -2.90. The van der Waals surface area contributed by atoms with Gasteiger partial charge in [-0.2, -0.15) is 0 Å². The maximum absolute atomic E-state index is 14.0. The Morgan fingerprint density at radius 2 is 1.69 bits per heavy atom. The van der Waals surface area contributed by atoms with E-state index in [4.69, 9.17) is 4.74 Å². The normalized spacial score (nSPS) is 41.4. The third-order valence-electron chi connectivity index (χ3n) is 16.7. The highest BCUT2D eigenvalue weighted by molar-refractivity contribution is 7.91. The van der Waals surface area contributed by atoms with E-state index in [2.05, 4.69) is 70.8 Å². The molecule has 3 saturated carbocycles. The van der Waals surface area contributed by atoms with Gasteiger partial charge in [-0.1, -0.05) is 60.6 Å². The first-order chi connectivity index (χ1) is 24.4. The van der Waals surface area contributed by atoms with Crippen LogP contribution in [-0.2, 0) is 24.2 Å². The average Bonchev–Trinajstić information content (AvgIpc) is 3.38. The molecule has 1 heterocycles. The second-order valence-electron chi connectivity index (χ2n) is 19.7. The van der Waals surface area contributed by atoms with Gasteiger partial charge in [0.15, 0.2) is 15.6 Å². The Morgan fingerprint density at radius 3 is 2.35 bits per heavy atom. The molecular formula is C44H68N2O5S. The highest BCUT2D eigenvalue weighted by atomic mass is 32.2. The summed E-state index contributed by atoms with van der Waals surface area (Å²) in [6, 6.07) is 0. The fourth-order valence-corrected chi connectivity index (χ4v) is 15.2. The standard InChI is InChI=1S/C44H68N2O5S/c1-9-51-39(48)31-12-10-30(11-13-31)32-16-18-41(6)35(40(32,4)5)17-19-43(8)36(41)15-14-33-38-37(29(2)3)34(47)28-44(38,21-20-42(33,43)7)45-22-23-46-24-26-52(49,50)27-25-46/h10,16,29,31,33,35-36,45H,9,11-15,17-28H2,1-8H3/t31?,33-,35+,36-,41+,42-,43-,44-/m1/s1. The SMILES string of the molecule is CCOC(=O)C1CC=C(C2=CC[C@]3(C)[C@H]4CC[C@@H]5C6=C(C(C)C)C(=O)C[C@]6(NCCN6CCS(=O)(=O)CC6)CC[C@@]5(C)[C@]4(C)CC[C@H]3C2(C)C)CC1. The number of hydrogen-bond acceptors (Lipinski definition) is 7. The number of allylic oxidation sites excluding steroid dienone is 5. The van der Waals surface area contributed by atoms with Crippen LogP contribution in [-0.4, -0.2) is 74.9 Å². The molecule has 8 atom stereocenters. The molecular weight excluding hydrogens is 669 g/mol. The number of ether oxygens (including phenoxy) is 1. The van der Waals surface area contributed by atoms with Crippen molar-refractivity contribution in [1.82, 2.24) is 10.2 Å². The number of Topliss-reactive ketones (excluding diaryl/α,β-unsaturated/α-hetero) is 1. The lowest BCUT2D eigenvalue weighted by Gasteiger charge is -2.71. The lowest BCUT2D eigenvalue weighted by atomic mass is 9.33. The molecule has 1 aliphatic heterocycles. The lowest BCUT2D eigenvalue weighted by Crippen LogP contribution is -2.66. The minimum Gasteiger partial charge on any atom is -0.466 e. The predicted molar refractivity (Wildman–Crippen MR) is 208 cm³/mol. The fourth-order valence-electron chi connectivity index (χ4n) is 14.0. The summed E-state index contributed by atoms with van der Waals surface area (Å²) >= 11 is 0. The van der Waals surface area contributed by atoms with Crippen molar-refractivity contribution in [3.63, 3.8) is 0 Å². The van der Waals surface area contributed by atoms with Gasteiger partial charge < -0.3 is 15.0 Å². The smallest absolute Gasteiger partial charge is 0.309 e. The number of fused-ring (bicyclic) bond motifs is 7. The molecule has 1 saturated heterocycles. The van der Waals surface area contributed by atoms with Gasteiger partial charge in [-0.3, -0.25) is 9.59 Å². The molecule has 1 N–H and O–H groups in total. The Bertz CT molecular complexity index is 1660. The first-order valence-corrected chi connectivity index (χ1v) is 22.8. The molecule has 0 bridgehead atoms. The summed E-state index contributed by atoms with van der Waals surface area (Å²) in [5.74, 6) is 2.66. The van der Waals surface area contributed by atoms with Gasteiger partial charge >= 0.3 is 5.97 Å². The van der Waals surface area contributed by atoms with Gasteiger partial charge in [0.05, 0.1) is 24.0 Å². The molecule has 4 fully saturated rings. The van der Waals surface area contributed by atoms with Gasteiger partial charge in [0.1, 0.15) is 0 Å². The molecule has 52 heavy (non-hydrogen) atoms. The van der Waals surface area contributed by atoms with Gasteiger partial charge in [-0.15, -0.1) is 0 Å². The third-order valence-corrected chi connectivity index (χ3v) is 18.3. The van der Waals surface area contributed by atoms with E-state index >= 15 is 0 Å². The van der Waals surface area contributed by atoms with Crippen LogP contribution in [0.5, 0.6) is 0 Å². The highest BCUT2D eigenvalue weighted by Crippen LogP contribution is 2.76. The Hall–Kier alpha value is -1.77. The highest BCUT2D eigenvalue weighted by Gasteiger charge is 2.69. The van der Waals surface area contributed by atoms with Crippen molar-refractivity contribution >= 4 is 21.6 Å². The van der Waals surface area contributed by atoms with E-state index in [9.17, 15) is 18.0 Å². The van der Waals surface area contributed by atoms with Crippen LogP contribution < -0.4 is 5.32 Å². The van der Waals surface area contributed by atoms with Gasteiger partial charge in [0.25, 0.3) is 0 Å². The molecule has 0 aromatic heterocycles. The monoisotopic (exact) mass is 736 g/mol. The Balaban J connectivity index is 1.14. The molecule has 8 heteroatoms. The quantitative estimate of drug-likeness (QED) is 0.254. The molecule has 0 radical (unpaired) electrons. The van der Waals surface area contributed by atoms with Gasteiger partial charge in [-0.25, -0.2) is 8.42 Å². The summed E-state index contributed by atoms with van der Waals surface area (Å²) in [4.78, 5) is 28.8. The number of sulfone groups is 1. The van der Waals surface area contributed by atoms with Crippen molar-refractivity contribution in [2.24, 2.45) is 51.2 Å². The molecule has 7 rings (SSSR count). The number of esters is 1. The summed E-state index contributed by atoms with van der Waals surface area (Å²) in [6.07, 6.45) is 16.3. The molecule has 290 valence electrons. The fraction of sp³-hybridized carbons (Fsp3) is 0.818. The van der Waals surface area contributed by atoms with Crippen LogP contribution in [0.25, 0.3) is 0 Å². The maximum atomic E-state index is 14.0. The van der Waals surface area contributed by atoms with Crippen LogP contribution in [0.3, 0.4) is 0 Å². The van der Waals surface area contributed by atoms with Crippen LogP contribution >= 0.6 is 0 Å². The zero-order valence-corrected chi connectivity index (χ0v) is 34.5. The van der Waals surface area contributed by atoms with E-state index < -0.39 is 9.84 Å². The van der Waals surface area contributed by atoms with Crippen LogP contribution in [0.4, 0.5) is 0 Å². The van der Waals surface area contributed by atoms with Crippen molar-refractivity contribution in [3.8, 4) is 0 Å². The van der Waals surface area contributed by atoms with Gasteiger partial charge in [0, 0.05) is 38.1 Å². The van der Waals surface area contributed by atoms with Crippen LogP contribution in [0.2, 0.25) is 0 Å². The molecule has 7 aliphatic rings.